The van der Waals surface area contributed by atoms with Crippen LogP contribution in [0.4, 0.5) is 10.5 Å². The molecule has 1 aromatic rings. The molecule has 0 radical (unpaired) electrons. The number of amides is 2. The maximum Gasteiger partial charge on any atom is 0.407 e. The Balaban J connectivity index is 1.73. The van der Waals surface area contributed by atoms with E-state index in [0.29, 0.717) is 13.0 Å². The molecule has 19 heavy (non-hydrogen) atoms. The third-order valence-electron chi connectivity index (χ3n) is 2.89. The van der Waals surface area contributed by atoms with Crippen molar-refractivity contribution in [3.63, 3.8) is 0 Å². The summed E-state index contributed by atoms with van der Waals surface area (Å²) >= 11 is 0. The minimum atomic E-state index is -0.443. The molecule has 5 heteroatoms. The zero-order chi connectivity index (χ0) is 13.7. The lowest BCUT2D eigenvalue weighted by molar-refractivity contribution is -0.117. The molecule has 0 aromatic heterocycles. The Hall–Kier alpha value is -2.04. The molecule has 2 rings (SSSR count). The van der Waals surface area contributed by atoms with Crippen LogP contribution in [-0.2, 0) is 9.53 Å². The summed E-state index contributed by atoms with van der Waals surface area (Å²) in [6.45, 7) is 2.56. The van der Waals surface area contributed by atoms with E-state index in [1.807, 2.05) is 37.3 Å². The first-order valence-electron chi connectivity index (χ1n) is 6.51. The second-order valence-electron chi connectivity index (χ2n) is 4.57. The highest BCUT2D eigenvalue weighted by molar-refractivity contribution is 5.95. The smallest absolute Gasteiger partial charge is 0.407 e. The van der Waals surface area contributed by atoms with Crippen molar-refractivity contribution in [3.05, 3.63) is 30.3 Å². The third kappa shape index (κ3) is 3.98. The van der Waals surface area contributed by atoms with E-state index in [2.05, 4.69) is 10.6 Å². The number of anilines is 1. The van der Waals surface area contributed by atoms with Gasteiger partial charge < -0.3 is 15.4 Å². The maximum atomic E-state index is 11.9. The highest BCUT2D eigenvalue weighted by atomic mass is 16.6. The van der Waals surface area contributed by atoms with Crippen LogP contribution in [0.2, 0.25) is 0 Å². The molecule has 1 aromatic carbocycles. The van der Waals surface area contributed by atoms with Crippen molar-refractivity contribution in [2.45, 2.75) is 25.9 Å². The number of para-hydroxylation sites is 1. The highest BCUT2D eigenvalue weighted by Crippen LogP contribution is 2.34. The fourth-order valence-electron chi connectivity index (χ4n) is 1.74. The van der Waals surface area contributed by atoms with E-state index in [1.54, 1.807) is 0 Å². The van der Waals surface area contributed by atoms with Crippen molar-refractivity contribution in [2.24, 2.45) is 5.92 Å². The topological polar surface area (TPSA) is 67.4 Å². The fraction of sp³-hybridized carbons (Fsp3) is 0.429. The number of ether oxygens (including phenoxy) is 1. The minimum absolute atomic E-state index is 0.0977. The minimum Gasteiger partial charge on any atom is -0.445 e. The molecule has 0 saturated heterocycles. The molecule has 0 heterocycles. The van der Waals surface area contributed by atoms with E-state index >= 15 is 0 Å². The molecule has 2 atom stereocenters. The average Bonchev–Trinajstić information content (AvgIpc) is 3.17. The third-order valence-corrected chi connectivity index (χ3v) is 2.89. The Morgan fingerprint density at radius 1 is 1.32 bits per heavy atom. The monoisotopic (exact) mass is 262 g/mol. The van der Waals surface area contributed by atoms with Crippen LogP contribution >= 0.6 is 0 Å². The molecule has 1 saturated carbocycles. The second-order valence-corrected chi connectivity index (χ2v) is 4.57. The van der Waals surface area contributed by atoms with Gasteiger partial charge in [-0.15, -0.1) is 0 Å². The van der Waals surface area contributed by atoms with E-state index < -0.39 is 6.09 Å². The van der Waals surface area contributed by atoms with Gasteiger partial charge in [-0.3, -0.25) is 4.79 Å². The molecule has 1 aliphatic rings. The molecule has 2 unspecified atom stereocenters. The molecule has 0 aliphatic heterocycles. The first-order chi connectivity index (χ1) is 9.20. The van der Waals surface area contributed by atoms with Gasteiger partial charge in [-0.25, -0.2) is 4.79 Å². The van der Waals surface area contributed by atoms with E-state index in [-0.39, 0.29) is 17.9 Å². The number of benzene rings is 1. The van der Waals surface area contributed by atoms with Crippen molar-refractivity contribution in [1.82, 2.24) is 5.32 Å². The number of carbonyl (C=O) groups is 2. The molecule has 102 valence electrons. The molecule has 0 spiro atoms. The lowest BCUT2D eigenvalue weighted by atomic mass is 10.3. The van der Waals surface area contributed by atoms with E-state index in [4.69, 9.17) is 4.74 Å². The van der Waals surface area contributed by atoms with Gasteiger partial charge in [0.05, 0.1) is 5.92 Å². The Labute approximate surface area is 112 Å². The van der Waals surface area contributed by atoms with Gasteiger partial charge >= 0.3 is 6.09 Å². The lowest BCUT2D eigenvalue weighted by Crippen LogP contribution is -2.27. The summed E-state index contributed by atoms with van der Waals surface area (Å²) in [5, 5.41) is 5.42. The van der Waals surface area contributed by atoms with Crippen LogP contribution in [-0.4, -0.2) is 24.6 Å². The molecule has 1 fully saturated rings. The van der Waals surface area contributed by atoms with Gasteiger partial charge in [0.1, 0.15) is 6.10 Å². The number of alkyl carbamates (subject to hydrolysis) is 1. The van der Waals surface area contributed by atoms with Crippen molar-refractivity contribution in [2.75, 3.05) is 11.9 Å². The van der Waals surface area contributed by atoms with E-state index in [9.17, 15) is 9.59 Å². The summed E-state index contributed by atoms with van der Waals surface area (Å²) < 4.78 is 5.12. The summed E-state index contributed by atoms with van der Waals surface area (Å²) in [6.07, 6.45) is 0.720. The fourth-order valence-corrected chi connectivity index (χ4v) is 1.74. The van der Waals surface area contributed by atoms with Crippen LogP contribution < -0.4 is 10.6 Å². The molecular weight excluding hydrogens is 244 g/mol. The maximum absolute atomic E-state index is 11.9. The van der Waals surface area contributed by atoms with Gasteiger partial charge in [-0.2, -0.15) is 0 Å². The van der Waals surface area contributed by atoms with Gasteiger partial charge in [0, 0.05) is 18.7 Å². The molecule has 2 amide bonds. The van der Waals surface area contributed by atoms with Crippen molar-refractivity contribution < 1.29 is 14.3 Å². The van der Waals surface area contributed by atoms with Crippen LogP contribution in [0.25, 0.3) is 0 Å². The number of carbonyl (C=O) groups excluding carboxylic acids is 2. The van der Waals surface area contributed by atoms with Crippen LogP contribution in [0.15, 0.2) is 30.3 Å². The summed E-state index contributed by atoms with van der Waals surface area (Å²) in [7, 11) is 0. The first kappa shape index (κ1) is 13.4. The van der Waals surface area contributed by atoms with Gasteiger partial charge in [-0.05, 0) is 18.6 Å². The number of hydrogen-bond acceptors (Lipinski definition) is 3. The zero-order valence-corrected chi connectivity index (χ0v) is 10.9. The summed E-state index contributed by atoms with van der Waals surface area (Å²) in [5.41, 5.74) is 0.758. The van der Waals surface area contributed by atoms with Gasteiger partial charge in [0.15, 0.2) is 0 Å². The number of rotatable bonds is 5. The standard InChI is InChI=1S/C14H18N2O3/c1-2-8-15-14(18)19-12-9-11(12)13(17)16-10-6-4-3-5-7-10/h3-7,11-12H,2,8-9H2,1H3,(H,15,18)(H,16,17). The molecule has 2 N–H and O–H groups in total. The van der Waals surface area contributed by atoms with E-state index in [0.717, 1.165) is 12.1 Å². The Morgan fingerprint density at radius 2 is 2.05 bits per heavy atom. The number of nitrogens with one attached hydrogen (secondary N) is 2. The molecule has 1 aliphatic carbocycles. The Kier molecular flexibility index (Phi) is 4.39. The number of hydrogen-bond donors (Lipinski definition) is 2. The largest absolute Gasteiger partial charge is 0.445 e. The molecule has 0 bridgehead atoms. The highest BCUT2D eigenvalue weighted by Gasteiger charge is 2.46. The van der Waals surface area contributed by atoms with Crippen LogP contribution in [0.3, 0.4) is 0 Å². The summed E-state index contributed by atoms with van der Waals surface area (Å²) in [5.74, 6) is -0.327. The second kappa shape index (κ2) is 6.22. The van der Waals surface area contributed by atoms with Crippen molar-refractivity contribution in [3.8, 4) is 0 Å². The SMILES string of the molecule is CCCNC(=O)OC1CC1C(=O)Nc1ccccc1. The van der Waals surface area contributed by atoms with Crippen molar-refractivity contribution >= 4 is 17.7 Å². The van der Waals surface area contributed by atoms with Crippen LogP contribution in [0.5, 0.6) is 0 Å². The average molecular weight is 262 g/mol. The van der Waals surface area contributed by atoms with E-state index in [1.165, 1.54) is 0 Å². The van der Waals surface area contributed by atoms with Gasteiger partial charge in [-0.1, -0.05) is 25.1 Å². The molecular formula is C14H18N2O3. The van der Waals surface area contributed by atoms with Crippen molar-refractivity contribution in [1.29, 1.82) is 0 Å². The van der Waals surface area contributed by atoms with Crippen LogP contribution in [0, 0.1) is 5.92 Å². The van der Waals surface area contributed by atoms with Gasteiger partial charge in [0.2, 0.25) is 5.91 Å². The summed E-state index contributed by atoms with van der Waals surface area (Å²) in [6, 6.07) is 9.24. The molecule has 5 nitrogen and oxygen atoms in total. The normalized spacial score (nSPS) is 20.5. The predicted octanol–water partition coefficient (Wildman–Crippen LogP) is 2.15. The lowest BCUT2D eigenvalue weighted by Gasteiger charge is -2.06. The summed E-state index contributed by atoms with van der Waals surface area (Å²) in [4.78, 5) is 23.2. The predicted molar refractivity (Wildman–Crippen MR) is 71.7 cm³/mol. The quantitative estimate of drug-likeness (QED) is 0.854. The Morgan fingerprint density at radius 3 is 2.74 bits per heavy atom. The van der Waals surface area contributed by atoms with Crippen LogP contribution in [0.1, 0.15) is 19.8 Å². The zero-order valence-electron chi connectivity index (χ0n) is 10.9. The Bertz CT molecular complexity index is 447. The first-order valence-corrected chi connectivity index (χ1v) is 6.51. The van der Waals surface area contributed by atoms with Gasteiger partial charge in [0.25, 0.3) is 0 Å².